The molecular formula is C32H25ClF3N5O4S. The lowest BCUT2D eigenvalue weighted by Gasteiger charge is -2.48. The van der Waals surface area contributed by atoms with Gasteiger partial charge in [-0.15, -0.1) is 5.10 Å². The van der Waals surface area contributed by atoms with E-state index in [0.717, 1.165) is 28.2 Å². The Balaban J connectivity index is 1.27. The molecule has 236 valence electrons. The molecule has 3 unspecified atom stereocenters. The van der Waals surface area contributed by atoms with E-state index in [2.05, 4.69) is 20.3 Å². The summed E-state index contributed by atoms with van der Waals surface area (Å²) in [6, 6.07) is 16.1. The predicted molar refractivity (Wildman–Crippen MR) is 162 cm³/mol. The average molecular weight is 668 g/mol. The lowest BCUT2D eigenvalue weighted by Crippen LogP contribution is -2.59. The van der Waals surface area contributed by atoms with E-state index in [0.29, 0.717) is 10.7 Å². The van der Waals surface area contributed by atoms with Gasteiger partial charge >= 0.3 is 0 Å². The highest BCUT2D eigenvalue weighted by Gasteiger charge is 2.52. The van der Waals surface area contributed by atoms with Crippen molar-refractivity contribution in [2.45, 2.75) is 41.0 Å². The molecule has 7 rings (SSSR count). The van der Waals surface area contributed by atoms with Crippen molar-refractivity contribution in [2.24, 2.45) is 0 Å². The van der Waals surface area contributed by atoms with Crippen molar-refractivity contribution in [3.8, 4) is 22.5 Å². The number of thioether (sulfide) groups is 1. The number of hydrogen-bond acceptors (Lipinski definition) is 9. The van der Waals surface area contributed by atoms with Crippen LogP contribution in [0.15, 0.2) is 90.3 Å². The van der Waals surface area contributed by atoms with E-state index in [9.17, 15) is 13.2 Å². The lowest BCUT2D eigenvalue weighted by molar-refractivity contribution is -0.308. The molecule has 0 aliphatic carbocycles. The third kappa shape index (κ3) is 6.01. The van der Waals surface area contributed by atoms with Crippen molar-refractivity contribution in [3.63, 3.8) is 0 Å². The summed E-state index contributed by atoms with van der Waals surface area (Å²) >= 11 is 7.75. The molecule has 3 aromatic heterocycles. The molecule has 6 atom stereocenters. The molecule has 5 aromatic rings. The van der Waals surface area contributed by atoms with Crippen LogP contribution in [0, 0.1) is 17.5 Å². The fraction of sp³-hybridized carbons (Fsp3) is 0.250. The normalized spacial score (nSPS) is 24.5. The first-order chi connectivity index (χ1) is 22.4. The van der Waals surface area contributed by atoms with E-state index in [1.165, 1.54) is 22.6 Å². The van der Waals surface area contributed by atoms with Crippen LogP contribution in [0.4, 0.5) is 13.2 Å². The number of methoxy groups -OCH3 is 1. The van der Waals surface area contributed by atoms with Gasteiger partial charge in [-0.3, -0.25) is 9.97 Å². The van der Waals surface area contributed by atoms with Gasteiger partial charge in [0.05, 0.1) is 23.5 Å². The Bertz CT molecular complexity index is 1820. The van der Waals surface area contributed by atoms with Gasteiger partial charge in [0, 0.05) is 47.3 Å². The number of benzene rings is 2. The van der Waals surface area contributed by atoms with Gasteiger partial charge < -0.3 is 18.9 Å². The molecule has 0 amide bonds. The SMILES string of the molecule is COC1[C@@H](Sc2cc(Cl)cnc2-c2cccnc2)OC2COC(c3ccccc3)O[C@@H]2[C@@H]1n1cc(-c2cc(F)c(F)c(F)c2)nn1. The highest BCUT2D eigenvalue weighted by atomic mass is 35.5. The highest BCUT2D eigenvalue weighted by molar-refractivity contribution is 8.00. The van der Waals surface area contributed by atoms with E-state index < -0.39 is 53.5 Å². The topological polar surface area (TPSA) is 93.4 Å². The quantitative estimate of drug-likeness (QED) is 0.177. The fourth-order valence-corrected chi connectivity index (χ4v) is 7.16. The Kier molecular flexibility index (Phi) is 8.77. The molecule has 9 nitrogen and oxygen atoms in total. The smallest absolute Gasteiger partial charge is 0.194 e. The third-order valence-electron chi connectivity index (χ3n) is 7.75. The van der Waals surface area contributed by atoms with Crippen molar-refractivity contribution in [2.75, 3.05) is 13.7 Å². The first-order valence-electron chi connectivity index (χ1n) is 14.2. The van der Waals surface area contributed by atoms with Gasteiger partial charge in [-0.05, 0) is 30.3 Å². The first-order valence-corrected chi connectivity index (χ1v) is 15.4. The zero-order chi connectivity index (χ0) is 31.8. The van der Waals surface area contributed by atoms with Crippen molar-refractivity contribution in [1.82, 2.24) is 25.0 Å². The summed E-state index contributed by atoms with van der Waals surface area (Å²) in [6.07, 6.45) is 3.85. The molecule has 5 heterocycles. The summed E-state index contributed by atoms with van der Waals surface area (Å²) in [4.78, 5) is 9.52. The summed E-state index contributed by atoms with van der Waals surface area (Å²) in [7, 11) is 1.55. The van der Waals surface area contributed by atoms with E-state index in [1.54, 1.807) is 31.8 Å². The van der Waals surface area contributed by atoms with Gasteiger partial charge in [0.15, 0.2) is 23.7 Å². The molecule has 0 N–H and O–H groups in total. The maximum atomic E-state index is 14.1. The van der Waals surface area contributed by atoms with Gasteiger partial charge in [0.1, 0.15) is 35.5 Å². The van der Waals surface area contributed by atoms with E-state index in [-0.39, 0.29) is 17.9 Å². The Morgan fingerprint density at radius 3 is 2.52 bits per heavy atom. The van der Waals surface area contributed by atoms with Crippen LogP contribution < -0.4 is 0 Å². The molecule has 2 aliphatic rings. The minimum atomic E-state index is -1.56. The lowest BCUT2D eigenvalue weighted by atomic mass is 9.95. The van der Waals surface area contributed by atoms with Crippen LogP contribution in [0.2, 0.25) is 5.02 Å². The number of ether oxygens (including phenoxy) is 4. The monoisotopic (exact) mass is 667 g/mol. The van der Waals surface area contributed by atoms with Crippen LogP contribution in [0.25, 0.3) is 22.5 Å². The number of nitrogens with zero attached hydrogens (tertiary/aromatic N) is 5. The second-order valence-corrected chi connectivity index (χ2v) is 12.2. The van der Waals surface area contributed by atoms with Crippen LogP contribution >= 0.6 is 23.4 Å². The summed E-state index contributed by atoms with van der Waals surface area (Å²) < 4.78 is 68.8. The second kappa shape index (κ2) is 13.1. The zero-order valence-electron chi connectivity index (χ0n) is 24.0. The Morgan fingerprint density at radius 1 is 0.978 bits per heavy atom. The number of aromatic nitrogens is 5. The number of hydrogen-bond donors (Lipinski definition) is 0. The van der Waals surface area contributed by atoms with Crippen molar-refractivity contribution < 1.29 is 32.1 Å². The minimum Gasteiger partial charge on any atom is -0.375 e. The molecule has 2 saturated heterocycles. The van der Waals surface area contributed by atoms with Gasteiger partial charge in [0.2, 0.25) is 0 Å². The molecule has 2 fully saturated rings. The summed E-state index contributed by atoms with van der Waals surface area (Å²) in [5.74, 6) is -4.23. The van der Waals surface area contributed by atoms with Gasteiger partial charge in [-0.1, -0.05) is 58.9 Å². The Labute approximate surface area is 270 Å². The van der Waals surface area contributed by atoms with Gasteiger partial charge in [-0.2, -0.15) is 0 Å². The highest BCUT2D eigenvalue weighted by Crippen LogP contribution is 2.46. The van der Waals surface area contributed by atoms with Crippen LogP contribution in [-0.4, -0.2) is 62.4 Å². The van der Waals surface area contributed by atoms with Crippen LogP contribution in [0.5, 0.6) is 0 Å². The van der Waals surface area contributed by atoms with Crippen molar-refractivity contribution in [1.29, 1.82) is 0 Å². The molecule has 2 aromatic carbocycles. The van der Waals surface area contributed by atoms with Crippen LogP contribution in [0.3, 0.4) is 0 Å². The maximum absolute atomic E-state index is 14.1. The molecular weight excluding hydrogens is 643 g/mol. The largest absolute Gasteiger partial charge is 0.375 e. The number of pyridine rings is 2. The van der Waals surface area contributed by atoms with Gasteiger partial charge in [0.25, 0.3) is 0 Å². The molecule has 0 spiro atoms. The Morgan fingerprint density at radius 2 is 1.78 bits per heavy atom. The number of halogens is 4. The van der Waals surface area contributed by atoms with Crippen LogP contribution in [-0.2, 0) is 18.9 Å². The average Bonchev–Trinajstić information content (AvgIpc) is 3.57. The molecule has 0 bridgehead atoms. The summed E-state index contributed by atoms with van der Waals surface area (Å²) in [5, 5.41) is 8.93. The Hall–Kier alpha value is -3.85. The predicted octanol–water partition coefficient (Wildman–Crippen LogP) is 6.66. The number of fused-ring (bicyclic) bond motifs is 1. The molecule has 0 radical (unpaired) electrons. The van der Waals surface area contributed by atoms with Crippen LogP contribution in [0.1, 0.15) is 17.9 Å². The van der Waals surface area contributed by atoms with E-state index in [4.69, 9.17) is 30.5 Å². The van der Waals surface area contributed by atoms with Gasteiger partial charge in [-0.25, -0.2) is 17.9 Å². The molecule has 2 aliphatic heterocycles. The molecule has 46 heavy (non-hydrogen) atoms. The zero-order valence-corrected chi connectivity index (χ0v) is 25.6. The van der Waals surface area contributed by atoms with Crippen molar-refractivity contribution >= 4 is 23.4 Å². The fourth-order valence-electron chi connectivity index (χ4n) is 5.61. The second-order valence-electron chi connectivity index (χ2n) is 10.6. The molecule has 14 heteroatoms. The van der Waals surface area contributed by atoms with E-state index in [1.807, 2.05) is 42.5 Å². The first kappa shape index (κ1) is 30.8. The third-order valence-corrected chi connectivity index (χ3v) is 9.13. The van der Waals surface area contributed by atoms with Crippen molar-refractivity contribution in [3.05, 3.63) is 113 Å². The summed E-state index contributed by atoms with van der Waals surface area (Å²) in [5.41, 5.74) is 1.75. The van der Waals surface area contributed by atoms with E-state index >= 15 is 0 Å². The maximum Gasteiger partial charge on any atom is 0.194 e. The summed E-state index contributed by atoms with van der Waals surface area (Å²) in [6.45, 7) is 0.188. The standard InChI is InChI=1S/C32H25ClF3N5O4S/c1-42-30-28(41-15-23(39-40-41)19-10-21(34)26(36)22(35)11-19)29-24(16-43-31(45-29)17-6-3-2-4-7-17)44-32(30)46-25-12-20(33)14-38-27(25)18-8-5-9-37-13-18/h2-15,24,28-32H,16H2,1H3/t24?,28-,29-,30?,31?,32+/m0/s1. The molecule has 0 saturated carbocycles. The minimum absolute atomic E-state index is 0.0207. The number of rotatable bonds is 7.